The van der Waals surface area contributed by atoms with Gasteiger partial charge < -0.3 is 5.32 Å². The summed E-state index contributed by atoms with van der Waals surface area (Å²) >= 11 is 3.12. The minimum atomic E-state index is -0.494. The second-order valence-electron chi connectivity index (χ2n) is 6.01. The third-order valence-corrected chi connectivity index (χ3v) is 4.59. The zero-order chi connectivity index (χ0) is 15.6. The van der Waals surface area contributed by atoms with Gasteiger partial charge in [0.2, 0.25) is 0 Å². The number of carbonyl (C=O) groups excluding carboxylic acids is 1. The molecule has 0 heterocycles. The number of benzene rings is 1. The minimum absolute atomic E-state index is 0.0898. The van der Waals surface area contributed by atoms with Crippen LogP contribution in [0.1, 0.15) is 43.5 Å². The molecule has 1 N–H and O–H groups in total. The van der Waals surface area contributed by atoms with E-state index in [0.717, 1.165) is 12.8 Å². The van der Waals surface area contributed by atoms with Crippen molar-refractivity contribution in [3.8, 4) is 0 Å². The van der Waals surface area contributed by atoms with Gasteiger partial charge in [0, 0.05) is 17.7 Å². The van der Waals surface area contributed by atoms with Gasteiger partial charge in [-0.1, -0.05) is 13.8 Å². The standard InChI is InChI=1S/C15H19BrN2O3/c1-9-5-10(2)7-12(6-9)17-15(19)11-3-4-13(16)14(8-11)18(20)21/h3-4,8-10,12H,5-7H2,1-2H3,(H,17,19). The van der Waals surface area contributed by atoms with Crippen molar-refractivity contribution in [1.82, 2.24) is 5.32 Å². The Morgan fingerprint density at radius 3 is 2.48 bits per heavy atom. The highest BCUT2D eigenvalue weighted by molar-refractivity contribution is 9.10. The lowest BCUT2D eigenvalue weighted by atomic mass is 9.80. The molecule has 2 rings (SSSR count). The van der Waals surface area contributed by atoms with Crippen molar-refractivity contribution in [3.05, 3.63) is 38.3 Å². The number of rotatable bonds is 3. The van der Waals surface area contributed by atoms with Gasteiger partial charge in [-0.2, -0.15) is 0 Å². The molecule has 0 spiro atoms. The molecule has 1 fully saturated rings. The first-order valence-corrected chi connectivity index (χ1v) is 7.91. The van der Waals surface area contributed by atoms with E-state index in [9.17, 15) is 14.9 Å². The average molecular weight is 355 g/mol. The van der Waals surface area contributed by atoms with Crippen molar-refractivity contribution in [2.45, 2.75) is 39.2 Å². The summed E-state index contributed by atoms with van der Waals surface area (Å²) in [4.78, 5) is 22.7. The van der Waals surface area contributed by atoms with E-state index in [0.29, 0.717) is 21.9 Å². The third-order valence-electron chi connectivity index (χ3n) is 3.92. The van der Waals surface area contributed by atoms with Crippen molar-refractivity contribution in [3.63, 3.8) is 0 Å². The zero-order valence-corrected chi connectivity index (χ0v) is 13.7. The lowest BCUT2D eigenvalue weighted by Crippen LogP contribution is -2.40. The van der Waals surface area contributed by atoms with Gasteiger partial charge in [-0.05, 0) is 59.2 Å². The van der Waals surface area contributed by atoms with Gasteiger partial charge in [0.15, 0.2) is 0 Å². The molecule has 2 unspecified atom stereocenters. The van der Waals surface area contributed by atoms with Crippen LogP contribution in [0.3, 0.4) is 0 Å². The van der Waals surface area contributed by atoms with Crippen molar-refractivity contribution >= 4 is 27.5 Å². The van der Waals surface area contributed by atoms with Crippen molar-refractivity contribution in [2.75, 3.05) is 0 Å². The number of carbonyl (C=O) groups is 1. The van der Waals surface area contributed by atoms with Gasteiger partial charge >= 0.3 is 0 Å². The maximum absolute atomic E-state index is 12.3. The molecule has 6 heteroatoms. The number of nitrogens with one attached hydrogen (secondary N) is 1. The molecule has 114 valence electrons. The van der Waals surface area contributed by atoms with Crippen molar-refractivity contribution in [1.29, 1.82) is 0 Å². The van der Waals surface area contributed by atoms with Crippen LogP contribution in [0.25, 0.3) is 0 Å². The summed E-state index contributed by atoms with van der Waals surface area (Å²) in [7, 11) is 0. The Morgan fingerprint density at radius 1 is 1.29 bits per heavy atom. The zero-order valence-electron chi connectivity index (χ0n) is 12.1. The summed E-state index contributed by atoms with van der Waals surface area (Å²) < 4.78 is 0.379. The quantitative estimate of drug-likeness (QED) is 0.660. The van der Waals surface area contributed by atoms with Crippen molar-refractivity contribution in [2.24, 2.45) is 11.8 Å². The van der Waals surface area contributed by atoms with E-state index in [4.69, 9.17) is 0 Å². The maximum atomic E-state index is 12.3. The second-order valence-corrected chi connectivity index (χ2v) is 6.87. The number of halogens is 1. The van der Waals surface area contributed by atoms with Crippen LogP contribution in [-0.4, -0.2) is 16.9 Å². The molecule has 0 radical (unpaired) electrons. The maximum Gasteiger partial charge on any atom is 0.284 e. The molecule has 1 aromatic carbocycles. The molecule has 0 aromatic heterocycles. The molecule has 21 heavy (non-hydrogen) atoms. The SMILES string of the molecule is CC1CC(C)CC(NC(=O)c2ccc(Br)c([N+](=O)[O-])c2)C1. The van der Waals surface area contributed by atoms with Crippen LogP contribution in [0.5, 0.6) is 0 Å². The molecule has 0 saturated heterocycles. The van der Waals surface area contributed by atoms with Crippen LogP contribution in [0, 0.1) is 22.0 Å². The molecule has 1 aliphatic rings. The third kappa shape index (κ3) is 4.03. The van der Waals surface area contributed by atoms with Gasteiger partial charge in [-0.15, -0.1) is 0 Å². The number of nitrogens with zero attached hydrogens (tertiary/aromatic N) is 1. The van der Waals surface area contributed by atoms with Crippen LogP contribution in [-0.2, 0) is 0 Å². The first kappa shape index (κ1) is 15.9. The van der Waals surface area contributed by atoms with Gasteiger partial charge in [0.05, 0.1) is 9.40 Å². The lowest BCUT2D eigenvalue weighted by Gasteiger charge is -2.31. The first-order chi connectivity index (χ1) is 9.86. The van der Waals surface area contributed by atoms with Gasteiger partial charge in [-0.25, -0.2) is 0 Å². The first-order valence-electron chi connectivity index (χ1n) is 7.11. The van der Waals surface area contributed by atoms with E-state index in [-0.39, 0.29) is 17.6 Å². The summed E-state index contributed by atoms with van der Waals surface area (Å²) in [6, 6.07) is 4.61. The molecule has 1 amide bonds. The molecule has 0 bridgehead atoms. The van der Waals surface area contributed by atoms with Gasteiger partial charge in [0.25, 0.3) is 11.6 Å². The van der Waals surface area contributed by atoms with Crippen LogP contribution in [0.4, 0.5) is 5.69 Å². The second kappa shape index (κ2) is 6.56. The Kier molecular flexibility index (Phi) is 4.98. The molecular formula is C15H19BrN2O3. The van der Waals surface area contributed by atoms with E-state index in [1.807, 2.05) is 0 Å². The van der Waals surface area contributed by atoms with E-state index < -0.39 is 4.92 Å². The van der Waals surface area contributed by atoms with Gasteiger partial charge in [-0.3, -0.25) is 14.9 Å². The number of amides is 1. The predicted molar refractivity (Wildman–Crippen MR) is 84.2 cm³/mol. The van der Waals surface area contributed by atoms with E-state index in [1.165, 1.54) is 12.5 Å². The Bertz CT molecular complexity index is 552. The Labute approximate surface area is 132 Å². The highest BCUT2D eigenvalue weighted by Crippen LogP contribution is 2.29. The monoisotopic (exact) mass is 354 g/mol. The summed E-state index contributed by atoms with van der Waals surface area (Å²) in [5, 5.41) is 13.9. The summed E-state index contributed by atoms with van der Waals surface area (Å²) in [6.07, 6.45) is 3.12. The number of nitro benzene ring substituents is 1. The smallest absolute Gasteiger partial charge is 0.284 e. The summed E-state index contributed by atoms with van der Waals surface area (Å²) in [6.45, 7) is 4.39. The minimum Gasteiger partial charge on any atom is -0.349 e. The average Bonchev–Trinajstić information content (AvgIpc) is 2.37. The van der Waals surface area contributed by atoms with Crippen LogP contribution in [0.2, 0.25) is 0 Å². The highest BCUT2D eigenvalue weighted by atomic mass is 79.9. The Hall–Kier alpha value is -1.43. The van der Waals surface area contributed by atoms with Crippen LogP contribution >= 0.6 is 15.9 Å². The highest BCUT2D eigenvalue weighted by Gasteiger charge is 2.26. The fourth-order valence-electron chi connectivity index (χ4n) is 3.13. The topological polar surface area (TPSA) is 72.2 Å². The number of nitro groups is 1. The van der Waals surface area contributed by atoms with Gasteiger partial charge in [0.1, 0.15) is 0 Å². The summed E-state index contributed by atoms with van der Waals surface area (Å²) in [5.74, 6) is 0.952. The predicted octanol–water partition coefficient (Wildman–Crippen LogP) is 3.91. The van der Waals surface area contributed by atoms with E-state index in [2.05, 4.69) is 35.1 Å². The van der Waals surface area contributed by atoms with Crippen LogP contribution < -0.4 is 5.32 Å². The number of hydrogen-bond acceptors (Lipinski definition) is 3. The lowest BCUT2D eigenvalue weighted by molar-refractivity contribution is -0.385. The largest absolute Gasteiger partial charge is 0.349 e. The molecule has 5 nitrogen and oxygen atoms in total. The molecular weight excluding hydrogens is 336 g/mol. The molecule has 1 saturated carbocycles. The van der Waals surface area contributed by atoms with E-state index >= 15 is 0 Å². The molecule has 2 atom stereocenters. The molecule has 1 aliphatic carbocycles. The normalized spacial score (nSPS) is 25.4. The number of hydrogen-bond donors (Lipinski definition) is 1. The summed E-state index contributed by atoms with van der Waals surface area (Å²) in [5.41, 5.74) is 0.240. The van der Waals surface area contributed by atoms with Crippen LogP contribution in [0.15, 0.2) is 22.7 Å². The molecule has 0 aliphatic heterocycles. The molecule has 1 aromatic rings. The van der Waals surface area contributed by atoms with E-state index in [1.54, 1.807) is 12.1 Å². The Morgan fingerprint density at radius 2 is 1.90 bits per heavy atom. The Balaban J connectivity index is 2.10. The fraction of sp³-hybridized carbons (Fsp3) is 0.533. The fourth-order valence-corrected chi connectivity index (χ4v) is 3.52. The van der Waals surface area contributed by atoms with Crippen molar-refractivity contribution < 1.29 is 9.72 Å².